The first-order chi connectivity index (χ1) is 16.4. The van der Waals surface area contributed by atoms with Crippen LogP contribution >= 0.6 is 0 Å². The van der Waals surface area contributed by atoms with Crippen LogP contribution in [0.25, 0.3) is 11.3 Å². The van der Waals surface area contributed by atoms with Crippen LogP contribution < -0.4 is 10.6 Å². The number of hydrogen-bond acceptors (Lipinski definition) is 7. The van der Waals surface area contributed by atoms with Crippen LogP contribution in [0.3, 0.4) is 0 Å². The third-order valence-corrected chi connectivity index (χ3v) is 5.65. The fourth-order valence-electron chi connectivity index (χ4n) is 3.55. The Morgan fingerprint density at radius 3 is 2.65 bits per heavy atom. The highest BCUT2D eigenvalue weighted by Crippen LogP contribution is 2.35. The molecule has 0 bridgehead atoms. The minimum Gasteiger partial charge on any atom is -0.481 e. The number of anilines is 2. The van der Waals surface area contributed by atoms with Gasteiger partial charge in [-0.15, -0.1) is 0 Å². The molecular formula is C24H25FN4O5. The SMILES string of the molecule is CC(OC(=O)Nc1c(F)noc1-c1ccc(NCC(CC2CC2)C(=O)O)nc1)c1ccccc1. The average molecular weight is 468 g/mol. The molecule has 1 aliphatic carbocycles. The van der Waals surface area contributed by atoms with E-state index >= 15 is 0 Å². The van der Waals surface area contributed by atoms with Gasteiger partial charge in [0.2, 0.25) is 0 Å². The Kier molecular flexibility index (Phi) is 7.05. The third-order valence-electron chi connectivity index (χ3n) is 5.65. The topological polar surface area (TPSA) is 127 Å². The number of nitrogens with one attached hydrogen (secondary N) is 2. The van der Waals surface area contributed by atoms with Gasteiger partial charge >= 0.3 is 12.1 Å². The first-order valence-corrected chi connectivity index (χ1v) is 11.0. The Bertz CT molecular complexity index is 1130. The van der Waals surface area contributed by atoms with Gasteiger partial charge in [-0.2, -0.15) is 4.39 Å². The molecule has 0 saturated heterocycles. The van der Waals surface area contributed by atoms with Crippen molar-refractivity contribution >= 4 is 23.6 Å². The van der Waals surface area contributed by atoms with Crippen molar-refractivity contribution in [1.29, 1.82) is 0 Å². The number of carboxylic acid groups (broad SMARTS) is 1. The molecular weight excluding hydrogens is 443 g/mol. The van der Waals surface area contributed by atoms with Crippen LogP contribution in [0.2, 0.25) is 0 Å². The zero-order valence-electron chi connectivity index (χ0n) is 18.5. The first kappa shape index (κ1) is 23.2. The molecule has 1 saturated carbocycles. The van der Waals surface area contributed by atoms with Gasteiger partial charge in [-0.05, 0) is 42.1 Å². The van der Waals surface area contributed by atoms with Crippen molar-refractivity contribution < 1.29 is 28.3 Å². The number of aliphatic carboxylic acids is 1. The molecule has 1 aliphatic rings. The Labute approximate surface area is 195 Å². The van der Waals surface area contributed by atoms with Gasteiger partial charge in [-0.25, -0.2) is 9.78 Å². The standard InChI is InChI=1S/C24H25FN4O5/c1-14(16-5-3-2-4-6-16)33-24(32)28-20-21(34-29-22(20)25)17-9-10-19(26-12-17)27-13-18(23(30)31)11-15-7-8-15/h2-6,9-10,12,14-15,18H,7-8,11,13H2,1H3,(H,26,27)(H,28,32)(H,30,31). The number of pyridine rings is 1. The number of amides is 1. The third kappa shape index (κ3) is 5.89. The number of carbonyl (C=O) groups is 2. The highest BCUT2D eigenvalue weighted by atomic mass is 19.1. The van der Waals surface area contributed by atoms with Crippen LogP contribution in [0.1, 0.15) is 37.9 Å². The number of rotatable bonds is 10. The molecule has 4 rings (SSSR count). The van der Waals surface area contributed by atoms with Gasteiger partial charge in [0.1, 0.15) is 17.6 Å². The molecule has 0 spiro atoms. The summed E-state index contributed by atoms with van der Waals surface area (Å²) >= 11 is 0. The lowest BCUT2D eigenvalue weighted by Gasteiger charge is -2.14. The number of halogens is 1. The Balaban J connectivity index is 1.39. The number of benzene rings is 1. The molecule has 1 aromatic carbocycles. The van der Waals surface area contributed by atoms with E-state index in [-0.39, 0.29) is 18.0 Å². The van der Waals surface area contributed by atoms with Gasteiger partial charge in [0.25, 0.3) is 5.95 Å². The summed E-state index contributed by atoms with van der Waals surface area (Å²) in [5.41, 5.74) is 0.905. The molecule has 10 heteroatoms. The van der Waals surface area contributed by atoms with Gasteiger partial charge in [0.15, 0.2) is 5.76 Å². The van der Waals surface area contributed by atoms with E-state index in [1.54, 1.807) is 19.1 Å². The summed E-state index contributed by atoms with van der Waals surface area (Å²) in [7, 11) is 0. The number of ether oxygens (including phenoxy) is 1. The summed E-state index contributed by atoms with van der Waals surface area (Å²) in [6.07, 6.45) is 2.82. The zero-order valence-corrected chi connectivity index (χ0v) is 18.5. The lowest BCUT2D eigenvalue weighted by atomic mass is 10.0. The second kappa shape index (κ2) is 10.3. The van der Waals surface area contributed by atoms with Crippen molar-refractivity contribution in [2.75, 3.05) is 17.2 Å². The predicted molar refractivity (Wildman–Crippen MR) is 122 cm³/mol. The van der Waals surface area contributed by atoms with Crippen LogP contribution in [-0.4, -0.2) is 33.9 Å². The summed E-state index contributed by atoms with van der Waals surface area (Å²) in [6.45, 7) is 1.96. The Morgan fingerprint density at radius 2 is 2.00 bits per heavy atom. The van der Waals surface area contributed by atoms with E-state index in [0.717, 1.165) is 18.4 Å². The molecule has 2 unspecified atom stereocenters. The van der Waals surface area contributed by atoms with Gasteiger partial charge in [0.05, 0.1) is 5.92 Å². The fourth-order valence-corrected chi connectivity index (χ4v) is 3.55. The molecule has 3 aromatic rings. The molecule has 3 N–H and O–H groups in total. The van der Waals surface area contributed by atoms with Crippen LogP contribution in [0, 0.1) is 17.8 Å². The van der Waals surface area contributed by atoms with Gasteiger partial charge in [-0.3, -0.25) is 10.1 Å². The smallest absolute Gasteiger partial charge is 0.412 e. The van der Waals surface area contributed by atoms with Crippen LogP contribution in [0.4, 0.5) is 20.7 Å². The second-order valence-electron chi connectivity index (χ2n) is 8.29. The monoisotopic (exact) mass is 468 g/mol. The molecule has 178 valence electrons. The second-order valence-corrected chi connectivity index (χ2v) is 8.29. The van der Waals surface area contributed by atoms with Crippen LogP contribution in [-0.2, 0) is 9.53 Å². The van der Waals surface area contributed by atoms with Crippen molar-refractivity contribution in [2.45, 2.75) is 32.3 Å². The van der Waals surface area contributed by atoms with Crippen molar-refractivity contribution in [1.82, 2.24) is 10.1 Å². The van der Waals surface area contributed by atoms with Crippen molar-refractivity contribution in [3.63, 3.8) is 0 Å². The molecule has 2 atom stereocenters. The maximum atomic E-state index is 14.2. The van der Waals surface area contributed by atoms with Gasteiger partial charge in [-0.1, -0.05) is 43.2 Å². The van der Waals surface area contributed by atoms with Crippen molar-refractivity contribution in [2.24, 2.45) is 11.8 Å². The number of nitrogens with zero attached hydrogens (tertiary/aromatic N) is 2. The van der Waals surface area contributed by atoms with E-state index in [9.17, 15) is 19.1 Å². The number of carboxylic acids is 1. The van der Waals surface area contributed by atoms with E-state index in [2.05, 4.69) is 20.8 Å². The lowest BCUT2D eigenvalue weighted by Crippen LogP contribution is -2.23. The van der Waals surface area contributed by atoms with E-state index < -0.39 is 30.0 Å². The molecule has 9 nitrogen and oxygen atoms in total. The summed E-state index contributed by atoms with van der Waals surface area (Å²) in [6, 6.07) is 12.4. The molecule has 0 radical (unpaired) electrons. The minimum absolute atomic E-state index is 0.0157. The highest BCUT2D eigenvalue weighted by molar-refractivity contribution is 5.89. The normalized spacial score (nSPS) is 14.8. The summed E-state index contributed by atoms with van der Waals surface area (Å²) < 4.78 is 24.6. The summed E-state index contributed by atoms with van der Waals surface area (Å²) in [5.74, 6) is -1.37. The van der Waals surface area contributed by atoms with Gasteiger partial charge in [0, 0.05) is 18.3 Å². The first-order valence-electron chi connectivity index (χ1n) is 11.0. The lowest BCUT2D eigenvalue weighted by molar-refractivity contribution is -0.141. The van der Waals surface area contributed by atoms with Crippen molar-refractivity contribution in [3.8, 4) is 11.3 Å². The maximum Gasteiger partial charge on any atom is 0.412 e. The Hall–Kier alpha value is -3.95. The molecule has 1 amide bonds. The molecule has 2 aromatic heterocycles. The quantitative estimate of drug-likeness (QED) is 0.375. The average Bonchev–Trinajstić information content (AvgIpc) is 3.59. The van der Waals surface area contributed by atoms with Crippen molar-refractivity contribution in [3.05, 3.63) is 60.2 Å². The maximum absolute atomic E-state index is 14.2. The van der Waals surface area contributed by atoms with E-state index in [1.807, 2.05) is 30.3 Å². The molecule has 34 heavy (non-hydrogen) atoms. The molecule has 0 aliphatic heterocycles. The van der Waals surface area contributed by atoms with Gasteiger partial charge < -0.3 is 19.7 Å². The highest BCUT2D eigenvalue weighted by Gasteiger charge is 2.29. The largest absolute Gasteiger partial charge is 0.481 e. The number of carbonyl (C=O) groups excluding carboxylic acids is 1. The summed E-state index contributed by atoms with van der Waals surface area (Å²) in [4.78, 5) is 28.0. The fraction of sp³-hybridized carbons (Fsp3) is 0.333. The van der Waals surface area contributed by atoms with E-state index in [1.165, 1.54) is 6.20 Å². The number of hydrogen-bond donors (Lipinski definition) is 3. The Morgan fingerprint density at radius 1 is 1.24 bits per heavy atom. The van der Waals surface area contributed by atoms with E-state index in [4.69, 9.17) is 9.26 Å². The zero-order chi connectivity index (χ0) is 24.1. The van der Waals surface area contributed by atoms with E-state index in [0.29, 0.717) is 23.7 Å². The molecule has 2 heterocycles. The van der Waals surface area contributed by atoms with Crippen LogP contribution in [0.5, 0.6) is 0 Å². The number of aromatic nitrogens is 2. The van der Waals surface area contributed by atoms with Crippen LogP contribution in [0.15, 0.2) is 53.2 Å². The summed E-state index contributed by atoms with van der Waals surface area (Å²) in [5, 5.41) is 18.1. The minimum atomic E-state index is -0.995. The predicted octanol–water partition coefficient (Wildman–Crippen LogP) is 5.10. The molecule has 1 fully saturated rings.